The maximum Gasteiger partial charge on any atom is 0.356 e. The Morgan fingerprint density at radius 3 is 2.36 bits per heavy atom. The Labute approximate surface area is 390 Å². The highest BCUT2D eigenvalue weighted by Crippen LogP contribution is 2.77. The molecule has 5 fully saturated rings. The van der Waals surface area contributed by atoms with Crippen LogP contribution in [0.15, 0.2) is 67.1 Å². The number of nitrogens with zero attached hydrogens (tertiary/aromatic N) is 2. The Kier molecular flexibility index (Phi) is 12.9. The number of carboxylic acid groups (broad SMARTS) is 2. The number of aromatic nitrogens is 2. The third-order valence-electron chi connectivity index (χ3n) is 18.8. The van der Waals surface area contributed by atoms with E-state index in [2.05, 4.69) is 63.7 Å². The summed E-state index contributed by atoms with van der Waals surface area (Å²) < 4.78 is 7.41. The van der Waals surface area contributed by atoms with Gasteiger partial charge in [0.1, 0.15) is 11.3 Å². The number of ether oxygens (including phenoxy) is 1. The fraction of sp³-hybridized carbons (Fsp3) is 0.611. The maximum absolute atomic E-state index is 14.8. The Morgan fingerprint density at radius 2 is 1.64 bits per heavy atom. The largest absolute Gasteiger partial charge is 0.493 e. The fourth-order valence-corrected chi connectivity index (χ4v) is 15.2. The van der Waals surface area contributed by atoms with Crippen LogP contribution in [-0.4, -0.2) is 67.9 Å². The zero-order chi connectivity index (χ0) is 47.4. The quantitative estimate of drug-likeness (QED) is 0.0734. The van der Waals surface area contributed by atoms with Crippen molar-refractivity contribution in [1.82, 2.24) is 20.2 Å². The van der Waals surface area contributed by atoms with Gasteiger partial charge in [0.2, 0.25) is 5.91 Å². The molecule has 12 nitrogen and oxygen atoms in total. The number of allylic oxidation sites excluding steroid dienone is 1. The molecule has 8 rings (SSSR count). The molecule has 0 bridgehead atoms. The predicted molar refractivity (Wildman–Crippen MR) is 252 cm³/mol. The van der Waals surface area contributed by atoms with Crippen LogP contribution in [-0.2, 0) is 24.3 Å². The zero-order valence-corrected chi connectivity index (χ0v) is 40.0. The molecule has 2 amide bonds. The highest BCUT2D eigenvalue weighted by molar-refractivity contribution is 5.94. The number of carboxylic acids is 2. The number of amides is 2. The van der Waals surface area contributed by atoms with Crippen LogP contribution < -0.4 is 15.4 Å². The summed E-state index contributed by atoms with van der Waals surface area (Å²) in [7, 11) is 0. The van der Waals surface area contributed by atoms with E-state index in [0.29, 0.717) is 60.7 Å². The van der Waals surface area contributed by atoms with E-state index in [-0.39, 0.29) is 75.7 Å². The standard InChI is InChI=1S/C54H72N4O8/c1-33(2)37-16-22-54(24-23-52(6)39(45(37)54)13-15-43-51(5)20-18-44(59)50(3,4)42(51)17-21-53(43,52)7)49(65)55-25-19-34-10-8-11-36(28-34)46(60)56-30-35-12-14-41(38(29-35)47(61)62)66-27-9-26-58-31-40(48(63)64)57-32-58/h8,10-12,14,28-29,31-32,37,39,42-45,59H,1,9,13,15-27,30H2,2-7H3,(H,55,65)(H,56,60)(H,61,62)(H,63,64)/t37-,39?,42?,43?,44-,45?,51-,52+,53+,54-/m0/s1. The lowest BCUT2D eigenvalue weighted by Crippen LogP contribution is -2.67. The summed E-state index contributed by atoms with van der Waals surface area (Å²) in [4.78, 5) is 55.2. The van der Waals surface area contributed by atoms with Crippen LogP contribution in [0.2, 0.25) is 0 Å². The summed E-state index contributed by atoms with van der Waals surface area (Å²) in [6, 6.07) is 12.2. The molecule has 5 aliphatic rings. The van der Waals surface area contributed by atoms with E-state index in [4.69, 9.17) is 9.84 Å². The number of aryl methyl sites for hydroxylation is 1. The average molecular weight is 905 g/mol. The summed E-state index contributed by atoms with van der Waals surface area (Å²) in [5.41, 5.74) is 3.16. The van der Waals surface area contributed by atoms with Crippen molar-refractivity contribution >= 4 is 23.8 Å². The van der Waals surface area contributed by atoms with E-state index in [0.717, 1.165) is 56.9 Å². The highest BCUT2D eigenvalue weighted by atomic mass is 16.5. The first-order valence-electron chi connectivity index (χ1n) is 24.5. The minimum absolute atomic E-state index is 0.0218. The van der Waals surface area contributed by atoms with Crippen LogP contribution in [0.3, 0.4) is 0 Å². The number of fused-ring (bicyclic) bond motifs is 7. The second-order valence-electron chi connectivity index (χ2n) is 22.2. The van der Waals surface area contributed by atoms with Gasteiger partial charge in [-0.25, -0.2) is 14.6 Å². The molecule has 2 aromatic carbocycles. The molecule has 0 radical (unpaired) electrons. The average Bonchev–Trinajstić information content (AvgIpc) is 3.93. The molecule has 5 aliphatic carbocycles. The van der Waals surface area contributed by atoms with Crippen molar-refractivity contribution in [3.05, 3.63) is 95.1 Å². The SMILES string of the molecule is C=C(C)[C@@H]1CC[C@]2(C(=O)NCCc3cccc(C(=O)NCc4ccc(OCCCn5cnc(C(=O)O)c5)c(C(=O)O)c4)c3)CC[C@]3(C)C(CCC4[C@@]5(C)CC[C@H](O)C(C)(C)C5CC[C@]43C)C12. The van der Waals surface area contributed by atoms with Crippen LogP contribution in [0, 0.1) is 56.7 Å². The number of rotatable bonds is 15. The molecule has 10 atom stereocenters. The first kappa shape index (κ1) is 47.5. The molecule has 4 unspecified atom stereocenters. The summed E-state index contributed by atoms with van der Waals surface area (Å²) >= 11 is 0. The Morgan fingerprint density at radius 1 is 0.848 bits per heavy atom. The molecule has 3 aromatic rings. The molecule has 5 saturated carbocycles. The van der Waals surface area contributed by atoms with Crippen LogP contribution in [0.1, 0.15) is 155 Å². The molecule has 5 N–H and O–H groups in total. The first-order chi connectivity index (χ1) is 31.2. The molecular formula is C54H72N4O8. The molecule has 66 heavy (non-hydrogen) atoms. The summed E-state index contributed by atoms with van der Waals surface area (Å²) in [5, 5.41) is 36.5. The highest BCUT2D eigenvalue weighted by Gasteiger charge is 2.71. The van der Waals surface area contributed by atoms with Crippen molar-refractivity contribution in [2.45, 2.75) is 138 Å². The number of aromatic carboxylic acids is 2. The molecule has 0 saturated heterocycles. The van der Waals surface area contributed by atoms with E-state index < -0.39 is 17.4 Å². The van der Waals surface area contributed by atoms with Crippen molar-refractivity contribution in [3.8, 4) is 5.75 Å². The van der Waals surface area contributed by atoms with Gasteiger partial charge in [0.05, 0.1) is 24.5 Å². The Balaban J connectivity index is 0.878. The second-order valence-corrected chi connectivity index (χ2v) is 22.2. The van der Waals surface area contributed by atoms with Crippen molar-refractivity contribution in [3.63, 3.8) is 0 Å². The van der Waals surface area contributed by atoms with Crippen LogP contribution in [0.4, 0.5) is 0 Å². The number of aliphatic hydroxyl groups excluding tert-OH is 1. The van der Waals surface area contributed by atoms with Crippen molar-refractivity contribution < 1.29 is 39.2 Å². The van der Waals surface area contributed by atoms with Crippen LogP contribution in [0.25, 0.3) is 0 Å². The molecule has 0 spiro atoms. The van der Waals surface area contributed by atoms with Gasteiger partial charge in [0.25, 0.3) is 5.91 Å². The van der Waals surface area contributed by atoms with Gasteiger partial charge >= 0.3 is 11.9 Å². The van der Waals surface area contributed by atoms with Gasteiger partial charge in [0.15, 0.2) is 5.69 Å². The van der Waals surface area contributed by atoms with E-state index in [1.54, 1.807) is 22.8 Å². The second kappa shape index (κ2) is 17.9. The van der Waals surface area contributed by atoms with Gasteiger partial charge in [-0.3, -0.25) is 9.59 Å². The monoisotopic (exact) mass is 905 g/mol. The number of aliphatic hydroxyl groups is 1. The summed E-state index contributed by atoms with van der Waals surface area (Å²) in [6.45, 7) is 20.4. The predicted octanol–water partition coefficient (Wildman–Crippen LogP) is 9.36. The topological polar surface area (TPSA) is 180 Å². The van der Waals surface area contributed by atoms with E-state index in [1.807, 2.05) is 18.2 Å². The number of carbonyl (C=O) groups is 4. The summed E-state index contributed by atoms with van der Waals surface area (Å²) in [6.07, 6.45) is 14.2. The fourth-order valence-electron chi connectivity index (χ4n) is 15.2. The third kappa shape index (κ3) is 8.17. The Hall–Kier alpha value is -4.97. The van der Waals surface area contributed by atoms with Crippen molar-refractivity contribution in [2.24, 2.45) is 56.7 Å². The minimum Gasteiger partial charge on any atom is -0.493 e. The molecule has 1 aromatic heterocycles. The van der Waals surface area contributed by atoms with Crippen LogP contribution in [0.5, 0.6) is 5.75 Å². The number of hydrogen-bond donors (Lipinski definition) is 5. The normalized spacial score (nSPS) is 33.0. The molecule has 356 valence electrons. The van der Waals surface area contributed by atoms with Crippen molar-refractivity contribution in [2.75, 3.05) is 13.2 Å². The third-order valence-corrected chi connectivity index (χ3v) is 18.8. The Bertz CT molecular complexity index is 2370. The number of hydrogen-bond acceptors (Lipinski definition) is 7. The number of nitrogens with one attached hydrogen (secondary N) is 2. The smallest absolute Gasteiger partial charge is 0.356 e. The van der Waals surface area contributed by atoms with E-state index in [1.165, 1.54) is 37.0 Å². The van der Waals surface area contributed by atoms with E-state index in [9.17, 15) is 29.4 Å². The van der Waals surface area contributed by atoms with Gasteiger partial charge in [-0.1, -0.05) is 65.0 Å². The molecule has 1 heterocycles. The minimum atomic E-state index is -1.15. The lowest BCUT2D eigenvalue weighted by Gasteiger charge is -2.72. The first-order valence-corrected chi connectivity index (χ1v) is 24.5. The lowest BCUT2D eigenvalue weighted by molar-refractivity contribution is -0.246. The van der Waals surface area contributed by atoms with Gasteiger partial charge in [-0.15, -0.1) is 0 Å². The molecular weight excluding hydrogens is 833 g/mol. The van der Waals surface area contributed by atoms with Gasteiger partial charge < -0.3 is 35.3 Å². The van der Waals surface area contributed by atoms with Crippen molar-refractivity contribution in [1.29, 1.82) is 0 Å². The number of carbonyl (C=O) groups excluding carboxylic acids is 2. The lowest BCUT2D eigenvalue weighted by atomic mass is 9.32. The van der Waals surface area contributed by atoms with Crippen LogP contribution >= 0.6 is 0 Å². The summed E-state index contributed by atoms with van der Waals surface area (Å²) in [5.74, 6) is -0.00303. The maximum atomic E-state index is 14.8. The van der Waals surface area contributed by atoms with Gasteiger partial charge in [0, 0.05) is 31.4 Å². The van der Waals surface area contributed by atoms with Gasteiger partial charge in [-0.05, 0) is 171 Å². The molecule has 12 heteroatoms. The van der Waals surface area contributed by atoms with Gasteiger partial charge in [-0.2, -0.15) is 0 Å². The zero-order valence-electron chi connectivity index (χ0n) is 40.0. The number of benzene rings is 2. The number of imidazole rings is 1. The molecule has 0 aliphatic heterocycles. The van der Waals surface area contributed by atoms with E-state index >= 15 is 0 Å².